The molecular weight excluding hydrogens is 246 g/mol. The summed E-state index contributed by atoms with van der Waals surface area (Å²) in [6, 6.07) is 7.20. The van der Waals surface area contributed by atoms with E-state index in [0.717, 1.165) is 0 Å². The van der Waals surface area contributed by atoms with Gasteiger partial charge in [0.15, 0.2) is 6.10 Å². The van der Waals surface area contributed by atoms with Gasteiger partial charge in [0, 0.05) is 13.1 Å². The number of hydrogen-bond donors (Lipinski definition) is 2. The molecule has 2 aliphatic heterocycles. The number of nitrogens with zero attached hydrogens (tertiary/aromatic N) is 1. The molecule has 2 aliphatic rings. The van der Waals surface area contributed by atoms with Crippen molar-refractivity contribution < 1.29 is 14.3 Å². The maximum absolute atomic E-state index is 12.4. The summed E-state index contributed by atoms with van der Waals surface area (Å²) >= 11 is 0. The van der Waals surface area contributed by atoms with Crippen molar-refractivity contribution in [1.29, 1.82) is 0 Å². The predicted octanol–water partition coefficient (Wildman–Crippen LogP) is -0.515. The van der Waals surface area contributed by atoms with Gasteiger partial charge in [0.1, 0.15) is 5.75 Å². The summed E-state index contributed by atoms with van der Waals surface area (Å²) < 4.78 is 5.52. The van der Waals surface area contributed by atoms with Crippen molar-refractivity contribution >= 4 is 17.5 Å². The molecule has 3 N–H and O–H groups in total. The van der Waals surface area contributed by atoms with Crippen LogP contribution < -0.4 is 20.7 Å². The summed E-state index contributed by atoms with van der Waals surface area (Å²) in [5.41, 5.74) is 6.00. The maximum Gasteiger partial charge on any atom is 0.260 e. The number of rotatable bonds is 2. The molecule has 2 heterocycles. The van der Waals surface area contributed by atoms with E-state index in [1.165, 1.54) is 0 Å². The largest absolute Gasteiger partial charge is 0.477 e. The fourth-order valence-corrected chi connectivity index (χ4v) is 2.27. The molecule has 6 nitrogen and oxygen atoms in total. The van der Waals surface area contributed by atoms with Crippen LogP contribution in [-0.4, -0.2) is 37.6 Å². The fraction of sp³-hybridized carbons (Fsp3) is 0.385. The van der Waals surface area contributed by atoms with Crippen LogP contribution in [0.3, 0.4) is 0 Å². The molecule has 1 aromatic carbocycles. The number of hydrogen-bond acceptors (Lipinski definition) is 4. The zero-order valence-corrected chi connectivity index (χ0v) is 10.3. The summed E-state index contributed by atoms with van der Waals surface area (Å²) in [5, 5.41) is 3.07. The lowest BCUT2D eigenvalue weighted by atomic mass is 10.0. The van der Waals surface area contributed by atoms with Gasteiger partial charge in [0.25, 0.3) is 5.91 Å². The third kappa shape index (κ3) is 2.04. The molecule has 0 aromatic heterocycles. The molecule has 6 heteroatoms. The Bertz CT molecular complexity index is 528. The highest BCUT2D eigenvalue weighted by atomic mass is 16.5. The Morgan fingerprint density at radius 1 is 1.32 bits per heavy atom. The van der Waals surface area contributed by atoms with Gasteiger partial charge in [-0.2, -0.15) is 0 Å². The third-order valence-corrected chi connectivity index (χ3v) is 3.49. The first kappa shape index (κ1) is 12.0. The Morgan fingerprint density at radius 2 is 2.05 bits per heavy atom. The van der Waals surface area contributed by atoms with Crippen LogP contribution in [0.1, 0.15) is 0 Å². The van der Waals surface area contributed by atoms with Gasteiger partial charge in [-0.05, 0) is 12.1 Å². The molecule has 0 radical (unpaired) electrons. The lowest BCUT2D eigenvalue weighted by molar-refractivity contribution is -0.126. The molecule has 0 aliphatic carbocycles. The average Bonchev–Trinajstić information content (AvgIpc) is 2.35. The Hall–Kier alpha value is -2.08. The summed E-state index contributed by atoms with van der Waals surface area (Å²) in [6.45, 7) is 1.54. The van der Waals surface area contributed by atoms with Crippen LogP contribution in [0.4, 0.5) is 5.69 Å². The first-order valence-electron chi connectivity index (χ1n) is 6.24. The van der Waals surface area contributed by atoms with Crippen LogP contribution in [0.15, 0.2) is 24.3 Å². The molecule has 100 valence electrons. The minimum atomic E-state index is -0.785. The van der Waals surface area contributed by atoms with Crippen molar-refractivity contribution in [1.82, 2.24) is 5.32 Å². The standard InChI is InChI=1S/C13H15N3O3/c14-12(17)11-7-16(13(18)8-5-15-6-8)9-3-1-2-4-10(9)19-11/h1-4,8,11,15H,5-7H2,(H2,14,17). The molecule has 1 fully saturated rings. The third-order valence-electron chi connectivity index (χ3n) is 3.49. The molecule has 2 amide bonds. The second-order valence-corrected chi connectivity index (χ2v) is 4.78. The number of para-hydroxylation sites is 2. The molecule has 0 spiro atoms. The van der Waals surface area contributed by atoms with E-state index in [9.17, 15) is 9.59 Å². The molecule has 1 saturated heterocycles. The molecule has 0 saturated carbocycles. The van der Waals surface area contributed by atoms with Crippen molar-refractivity contribution in [2.75, 3.05) is 24.5 Å². The first-order valence-corrected chi connectivity index (χ1v) is 6.24. The van der Waals surface area contributed by atoms with Crippen molar-refractivity contribution in [3.8, 4) is 5.75 Å². The second kappa shape index (κ2) is 4.55. The van der Waals surface area contributed by atoms with Crippen LogP contribution >= 0.6 is 0 Å². The van der Waals surface area contributed by atoms with Gasteiger partial charge in [0.2, 0.25) is 5.91 Å². The summed E-state index contributed by atoms with van der Waals surface area (Å²) in [6.07, 6.45) is -0.785. The van der Waals surface area contributed by atoms with E-state index in [2.05, 4.69) is 5.32 Å². The highest BCUT2D eigenvalue weighted by molar-refractivity contribution is 5.99. The van der Waals surface area contributed by atoms with Gasteiger partial charge in [0.05, 0.1) is 18.2 Å². The minimum absolute atomic E-state index is 0.0146. The van der Waals surface area contributed by atoms with Crippen molar-refractivity contribution in [2.24, 2.45) is 11.7 Å². The molecule has 1 atom stereocenters. The highest BCUT2D eigenvalue weighted by Gasteiger charge is 2.37. The average molecular weight is 261 g/mol. The lowest BCUT2D eigenvalue weighted by Crippen LogP contribution is -2.56. The fourth-order valence-electron chi connectivity index (χ4n) is 2.27. The van der Waals surface area contributed by atoms with Crippen molar-refractivity contribution in [2.45, 2.75) is 6.10 Å². The van der Waals surface area contributed by atoms with Gasteiger partial charge in [-0.25, -0.2) is 0 Å². The Kier molecular flexibility index (Phi) is 2.87. The minimum Gasteiger partial charge on any atom is -0.477 e. The van der Waals surface area contributed by atoms with Gasteiger partial charge in [-0.15, -0.1) is 0 Å². The molecule has 1 aromatic rings. The number of carbonyl (C=O) groups is 2. The number of anilines is 1. The molecule has 3 rings (SSSR count). The number of nitrogens with two attached hydrogens (primary N) is 1. The Morgan fingerprint density at radius 3 is 2.68 bits per heavy atom. The van der Waals surface area contributed by atoms with E-state index in [1.54, 1.807) is 17.0 Å². The number of ether oxygens (including phenoxy) is 1. The topological polar surface area (TPSA) is 84.7 Å². The van der Waals surface area contributed by atoms with Gasteiger partial charge < -0.3 is 20.7 Å². The quantitative estimate of drug-likeness (QED) is 0.750. The van der Waals surface area contributed by atoms with Crippen molar-refractivity contribution in [3.05, 3.63) is 24.3 Å². The smallest absolute Gasteiger partial charge is 0.260 e. The van der Waals surface area contributed by atoms with Crippen LogP contribution in [-0.2, 0) is 9.59 Å². The Balaban J connectivity index is 1.93. The number of nitrogens with one attached hydrogen (secondary N) is 1. The normalized spacial score (nSPS) is 22.1. The Labute approximate surface area is 110 Å². The highest BCUT2D eigenvalue weighted by Crippen LogP contribution is 2.34. The predicted molar refractivity (Wildman–Crippen MR) is 68.8 cm³/mol. The van der Waals surface area contributed by atoms with Gasteiger partial charge in [-0.1, -0.05) is 12.1 Å². The van der Waals surface area contributed by atoms with E-state index >= 15 is 0 Å². The number of primary amides is 1. The lowest BCUT2D eigenvalue weighted by Gasteiger charge is -2.37. The second-order valence-electron chi connectivity index (χ2n) is 4.78. The van der Waals surface area contributed by atoms with E-state index in [1.807, 2.05) is 12.1 Å². The van der Waals surface area contributed by atoms with E-state index in [0.29, 0.717) is 24.5 Å². The molecule has 0 bridgehead atoms. The summed E-state index contributed by atoms with van der Waals surface area (Å²) in [7, 11) is 0. The number of fused-ring (bicyclic) bond motifs is 1. The van der Waals surface area contributed by atoms with Crippen LogP contribution in [0.2, 0.25) is 0 Å². The maximum atomic E-state index is 12.4. The number of benzene rings is 1. The molecule has 19 heavy (non-hydrogen) atoms. The van der Waals surface area contributed by atoms with Crippen LogP contribution in [0, 0.1) is 5.92 Å². The van der Waals surface area contributed by atoms with E-state index in [4.69, 9.17) is 10.5 Å². The summed E-state index contributed by atoms with van der Waals surface area (Å²) in [4.78, 5) is 25.3. The van der Waals surface area contributed by atoms with Crippen molar-refractivity contribution in [3.63, 3.8) is 0 Å². The number of amides is 2. The SMILES string of the molecule is NC(=O)C1CN(C(=O)C2CNC2)c2ccccc2O1. The monoisotopic (exact) mass is 261 g/mol. The van der Waals surface area contributed by atoms with E-state index < -0.39 is 12.0 Å². The molecule has 1 unspecified atom stereocenters. The van der Waals surface area contributed by atoms with E-state index in [-0.39, 0.29) is 18.4 Å². The zero-order chi connectivity index (χ0) is 13.4. The van der Waals surface area contributed by atoms with Crippen LogP contribution in [0.5, 0.6) is 5.75 Å². The van der Waals surface area contributed by atoms with Gasteiger partial charge >= 0.3 is 0 Å². The summed E-state index contributed by atoms with van der Waals surface area (Å²) in [5.74, 6) is -0.0438. The number of carbonyl (C=O) groups excluding carboxylic acids is 2. The molecular formula is C13H15N3O3. The first-order chi connectivity index (χ1) is 9.16. The van der Waals surface area contributed by atoms with Gasteiger partial charge in [-0.3, -0.25) is 9.59 Å². The zero-order valence-electron chi connectivity index (χ0n) is 10.3. The van der Waals surface area contributed by atoms with Crippen LogP contribution in [0.25, 0.3) is 0 Å².